The zero-order valence-electron chi connectivity index (χ0n) is 10.5. The van der Waals surface area contributed by atoms with Crippen LogP contribution in [-0.2, 0) is 4.74 Å². The van der Waals surface area contributed by atoms with Gasteiger partial charge in [-0.05, 0) is 31.5 Å². The van der Waals surface area contributed by atoms with E-state index in [2.05, 4.69) is 35.1 Å². The molecular weight excluding hydrogens is 282 g/mol. The van der Waals surface area contributed by atoms with E-state index in [0.717, 1.165) is 16.5 Å². The first kappa shape index (κ1) is 14.5. The van der Waals surface area contributed by atoms with Gasteiger partial charge in [0, 0.05) is 29.2 Å². The van der Waals surface area contributed by atoms with Crippen LogP contribution in [0, 0.1) is 0 Å². The zero-order valence-corrected chi connectivity index (χ0v) is 12.1. The molecule has 0 bridgehead atoms. The van der Waals surface area contributed by atoms with Gasteiger partial charge in [0.1, 0.15) is 5.75 Å². The molecule has 0 heterocycles. The van der Waals surface area contributed by atoms with Gasteiger partial charge in [0.05, 0.1) is 6.61 Å². The fourth-order valence-electron chi connectivity index (χ4n) is 1.87. The van der Waals surface area contributed by atoms with Gasteiger partial charge in [-0.15, -0.1) is 0 Å². The molecule has 1 aromatic rings. The summed E-state index contributed by atoms with van der Waals surface area (Å²) in [6.45, 7) is 4.82. The molecule has 3 nitrogen and oxygen atoms in total. The Balaban J connectivity index is 2.82. The number of hydrogen-bond acceptors (Lipinski definition) is 3. The number of hydrogen-bond donors (Lipinski definition) is 2. The van der Waals surface area contributed by atoms with Crippen LogP contribution in [0.4, 0.5) is 0 Å². The number of rotatable bonds is 6. The molecule has 2 unspecified atom stereocenters. The molecule has 0 saturated carbocycles. The lowest BCUT2D eigenvalue weighted by atomic mass is 10.0. The number of nitrogens with one attached hydrogen (secondary N) is 1. The van der Waals surface area contributed by atoms with E-state index in [-0.39, 0.29) is 12.1 Å². The molecular formula is C13H20BrNO2. The highest BCUT2D eigenvalue weighted by Crippen LogP contribution is 2.29. The molecule has 0 radical (unpaired) electrons. The van der Waals surface area contributed by atoms with Crippen LogP contribution in [0.5, 0.6) is 5.75 Å². The number of phenolic OH excluding ortho intramolecular Hbond substituents is 1. The SMILES string of the molecule is CCC(NC(C)COC)c1cc(Br)ccc1O. The van der Waals surface area contributed by atoms with E-state index in [0.29, 0.717) is 12.4 Å². The summed E-state index contributed by atoms with van der Waals surface area (Å²) in [6, 6.07) is 5.89. The minimum absolute atomic E-state index is 0.137. The van der Waals surface area contributed by atoms with Crippen LogP contribution in [0.1, 0.15) is 31.9 Å². The maximum absolute atomic E-state index is 9.89. The van der Waals surface area contributed by atoms with E-state index >= 15 is 0 Å². The highest BCUT2D eigenvalue weighted by Gasteiger charge is 2.16. The maximum atomic E-state index is 9.89. The van der Waals surface area contributed by atoms with Crippen molar-refractivity contribution < 1.29 is 9.84 Å². The lowest BCUT2D eigenvalue weighted by molar-refractivity contribution is 0.166. The molecule has 2 N–H and O–H groups in total. The van der Waals surface area contributed by atoms with Crippen molar-refractivity contribution in [2.24, 2.45) is 0 Å². The first-order valence-electron chi connectivity index (χ1n) is 5.81. The summed E-state index contributed by atoms with van der Waals surface area (Å²) >= 11 is 3.43. The Morgan fingerprint density at radius 2 is 2.18 bits per heavy atom. The topological polar surface area (TPSA) is 41.5 Å². The molecule has 1 rings (SSSR count). The van der Waals surface area contributed by atoms with E-state index in [9.17, 15) is 5.11 Å². The molecule has 0 aliphatic rings. The van der Waals surface area contributed by atoms with Crippen LogP contribution in [0.15, 0.2) is 22.7 Å². The average molecular weight is 302 g/mol. The summed E-state index contributed by atoms with van der Waals surface area (Å²) < 4.78 is 6.08. The van der Waals surface area contributed by atoms with Gasteiger partial charge in [-0.3, -0.25) is 0 Å². The molecule has 0 aliphatic carbocycles. The summed E-state index contributed by atoms with van der Waals surface area (Å²) in [5.74, 6) is 0.331. The molecule has 0 aromatic heterocycles. The van der Waals surface area contributed by atoms with Crippen molar-refractivity contribution in [3.63, 3.8) is 0 Å². The monoisotopic (exact) mass is 301 g/mol. The Labute approximate surface area is 111 Å². The molecule has 0 spiro atoms. The van der Waals surface area contributed by atoms with Crippen LogP contribution in [0.25, 0.3) is 0 Å². The quantitative estimate of drug-likeness (QED) is 0.847. The van der Waals surface area contributed by atoms with Crippen molar-refractivity contribution in [1.29, 1.82) is 0 Å². The normalized spacial score (nSPS) is 14.6. The average Bonchev–Trinajstić information content (AvgIpc) is 2.30. The van der Waals surface area contributed by atoms with Gasteiger partial charge >= 0.3 is 0 Å². The third-order valence-corrected chi connectivity index (χ3v) is 3.17. The lowest BCUT2D eigenvalue weighted by Crippen LogP contribution is -2.33. The van der Waals surface area contributed by atoms with E-state index in [1.165, 1.54) is 0 Å². The van der Waals surface area contributed by atoms with Crippen molar-refractivity contribution in [3.8, 4) is 5.75 Å². The van der Waals surface area contributed by atoms with Crippen LogP contribution < -0.4 is 5.32 Å². The molecule has 0 fully saturated rings. The van der Waals surface area contributed by atoms with Crippen LogP contribution >= 0.6 is 15.9 Å². The predicted octanol–water partition coefficient (Wildman–Crippen LogP) is 3.23. The van der Waals surface area contributed by atoms with Crippen LogP contribution in [0.3, 0.4) is 0 Å². The summed E-state index contributed by atoms with van der Waals surface area (Å²) in [5, 5.41) is 13.3. The third-order valence-electron chi connectivity index (χ3n) is 2.68. The summed E-state index contributed by atoms with van der Waals surface area (Å²) in [4.78, 5) is 0. The largest absolute Gasteiger partial charge is 0.508 e. The zero-order chi connectivity index (χ0) is 12.8. The standard InChI is InChI=1S/C13H20BrNO2/c1-4-12(15-9(2)8-17-3)11-7-10(14)5-6-13(11)16/h5-7,9,12,15-16H,4,8H2,1-3H3. The molecule has 2 atom stereocenters. The van der Waals surface area contributed by atoms with Crippen LogP contribution in [-0.4, -0.2) is 24.9 Å². The molecule has 0 aliphatic heterocycles. The number of benzene rings is 1. The Morgan fingerprint density at radius 3 is 2.76 bits per heavy atom. The van der Waals surface area contributed by atoms with Gasteiger partial charge in [-0.1, -0.05) is 22.9 Å². The highest BCUT2D eigenvalue weighted by atomic mass is 79.9. The van der Waals surface area contributed by atoms with Crippen molar-refractivity contribution >= 4 is 15.9 Å². The van der Waals surface area contributed by atoms with Gasteiger partial charge in [-0.25, -0.2) is 0 Å². The summed E-state index contributed by atoms with van der Waals surface area (Å²) in [6.07, 6.45) is 0.915. The summed E-state index contributed by atoms with van der Waals surface area (Å²) in [7, 11) is 1.69. The molecule has 17 heavy (non-hydrogen) atoms. The molecule has 0 amide bonds. The second-order valence-corrected chi connectivity index (χ2v) is 5.10. The lowest BCUT2D eigenvalue weighted by Gasteiger charge is -2.23. The minimum atomic E-state index is 0.137. The first-order valence-corrected chi connectivity index (χ1v) is 6.61. The molecule has 4 heteroatoms. The number of halogens is 1. The Bertz CT molecular complexity index is 357. The maximum Gasteiger partial charge on any atom is 0.120 e. The van der Waals surface area contributed by atoms with Crippen molar-refractivity contribution in [2.45, 2.75) is 32.4 Å². The first-order chi connectivity index (χ1) is 8.08. The second-order valence-electron chi connectivity index (χ2n) is 4.19. The number of methoxy groups -OCH3 is 1. The number of ether oxygens (including phenoxy) is 1. The van der Waals surface area contributed by atoms with Gasteiger partial charge in [-0.2, -0.15) is 0 Å². The van der Waals surface area contributed by atoms with E-state index in [4.69, 9.17) is 4.74 Å². The van der Waals surface area contributed by atoms with Gasteiger partial charge < -0.3 is 15.2 Å². The highest BCUT2D eigenvalue weighted by molar-refractivity contribution is 9.10. The van der Waals surface area contributed by atoms with Crippen molar-refractivity contribution in [1.82, 2.24) is 5.32 Å². The van der Waals surface area contributed by atoms with E-state index in [1.54, 1.807) is 13.2 Å². The molecule has 96 valence electrons. The Hall–Kier alpha value is -0.580. The summed E-state index contributed by atoms with van der Waals surface area (Å²) in [5.41, 5.74) is 0.921. The fourth-order valence-corrected chi connectivity index (χ4v) is 2.25. The third kappa shape index (κ3) is 4.30. The Kier molecular flexibility index (Phi) is 5.95. The van der Waals surface area contributed by atoms with E-state index in [1.807, 2.05) is 12.1 Å². The van der Waals surface area contributed by atoms with Gasteiger partial charge in [0.15, 0.2) is 0 Å². The minimum Gasteiger partial charge on any atom is -0.508 e. The Morgan fingerprint density at radius 1 is 1.47 bits per heavy atom. The van der Waals surface area contributed by atoms with Crippen molar-refractivity contribution in [2.75, 3.05) is 13.7 Å². The predicted molar refractivity (Wildman–Crippen MR) is 73.3 cm³/mol. The molecule has 1 aromatic carbocycles. The van der Waals surface area contributed by atoms with Crippen LogP contribution in [0.2, 0.25) is 0 Å². The van der Waals surface area contributed by atoms with E-state index < -0.39 is 0 Å². The molecule has 0 saturated heterocycles. The fraction of sp³-hybridized carbons (Fsp3) is 0.538. The number of phenols is 1. The van der Waals surface area contributed by atoms with Gasteiger partial charge in [0.2, 0.25) is 0 Å². The second kappa shape index (κ2) is 6.99. The number of aromatic hydroxyl groups is 1. The van der Waals surface area contributed by atoms with Crippen molar-refractivity contribution in [3.05, 3.63) is 28.2 Å². The van der Waals surface area contributed by atoms with Gasteiger partial charge in [0.25, 0.3) is 0 Å². The smallest absolute Gasteiger partial charge is 0.120 e.